The second kappa shape index (κ2) is 51.4. The van der Waals surface area contributed by atoms with Gasteiger partial charge in [0.15, 0.2) is 36.5 Å². The lowest BCUT2D eigenvalue weighted by molar-refractivity contribution is -0.221. The van der Waals surface area contributed by atoms with Crippen LogP contribution in [0.25, 0.3) is 0 Å². The van der Waals surface area contributed by atoms with Crippen LogP contribution in [0.4, 0.5) is 0 Å². The summed E-state index contributed by atoms with van der Waals surface area (Å²) in [4.78, 5) is 153. The number of hydrogen-bond acceptors (Lipinski definition) is 31. The molecule has 18 rings (SSSR count). The van der Waals surface area contributed by atoms with E-state index in [4.69, 9.17) is 75.8 Å². The van der Waals surface area contributed by atoms with Crippen LogP contribution in [0, 0.1) is 97.6 Å². The Morgan fingerprint density at radius 2 is 0.826 bits per heavy atom. The average molecular weight is 1890 g/mol. The Bertz CT molecular complexity index is 3680. The Morgan fingerprint density at radius 3 is 1.29 bits per heavy atom. The van der Waals surface area contributed by atoms with Gasteiger partial charge in [0.05, 0.1) is 94.9 Å². The van der Waals surface area contributed by atoms with E-state index >= 15 is 0 Å². The minimum Gasteiger partial charge on any atom is -0.469 e. The Kier molecular flexibility index (Phi) is 51.0. The fraction of sp³-hybridized carbons (Fsp3) is 0.871. The van der Waals surface area contributed by atoms with E-state index in [1.54, 1.807) is 41.9 Å². The van der Waals surface area contributed by atoms with Crippen molar-refractivity contribution >= 4 is 77.6 Å². The maximum Gasteiger partial charge on any atom is 0.350 e. The predicted octanol–water partition coefficient (Wildman–Crippen LogP) is 18.7. The van der Waals surface area contributed by atoms with Crippen LogP contribution < -0.4 is 0 Å². The van der Waals surface area contributed by atoms with Crippen LogP contribution in [0.1, 0.15) is 344 Å². The van der Waals surface area contributed by atoms with E-state index in [1.807, 2.05) is 118 Å². The van der Waals surface area contributed by atoms with E-state index in [0.717, 1.165) is 51.4 Å². The molecule has 0 radical (unpaired) electrons. The molecule has 0 aromatic rings. The van der Waals surface area contributed by atoms with Crippen molar-refractivity contribution in [2.45, 2.75) is 441 Å². The summed E-state index contributed by atoms with van der Waals surface area (Å²) >= 11 is 0. The van der Waals surface area contributed by atoms with E-state index in [0.29, 0.717) is 57.0 Å². The first-order chi connectivity index (χ1) is 55.9. The molecule has 0 aromatic heterocycles. The first-order valence-electron chi connectivity index (χ1n) is 43.5. The molecule has 132 heavy (non-hydrogen) atoms. The highest BCUT2D eigenvalue weighted by Gasteiger charge is 2.72. The first-order valence-corrected chi connectivity index (χ1v) is 43.5. The molecule has 31 nitrogen and oxygen atoms in total. The number of carbonyl (C=O) groups is 13. The second-order valence-electron chi connectivity index (χ2n) is 39.4. The van der Waals surface area contributed by atoms with E-state index in [2.05, 4.69) is 9.47 Å². The van der Waals surface area contributed by atoms with Gasteiger partial charge in [0.25, 0.3) is 0 Å². The van der Waals surface area contributed by atoms with Gasteiger partial charge in [-0.05, 0) is 194 Å². The molecule has 18 fully saturated rings. The summed E-state index contributed by atoms with van der Waals surface area (Å²) in [5, 5.41) is 0. The van der Waals surface area contributed by atoms with Crippen molar-refractivity contribution in [3.05, 3.63) is 0 Å². The predicted molar refractivity (Wildman–Crippen MR) is 503 cm³/mol. The van der Waals surface area contributed by atoms with Crippen molar-refractivity contribution in [2.24, 2.45) is 97.6 Å². The van der Waals surface area contributed by atoms with Gasteiger partial charge in [-0.2, -0.15) is 0 Å². The lowest BCUT2D eigenvalue weighted by atomic mass is 9.74. The van der Waals surface area contributed by atoms with Crippen LogP contribution in [-0.4, -0.2) is 210 Å². The molecule has 6 aliphatic carbocycles. The minimum absolute atomic E-state index is 0. The quantitative estimate of drug-likeness (QED) is 0.0908. The zero-order chi connectivity index (χ0) is 89.4. The molecule has 10 bridgehead atoms. The van der Waals surface area contributed by atoms with Gasteiger partial charge in [0.2, 0.25) is 6.10 Å². The molecular weight excluding hydrogens is 1710 g/mol. The van der Waals surface area contributed by atoms with Gasteiger partial charge in [0, 0.05) is 50.2 Å². The molecule has 0 N–H and O–H groups in total. The number of ether oxygens (including phenoxy) is 18. The number of hydrogen-bond donors (Lipinski definition) is 0. The Labute approximate surface area is 794 Å². The topological polar surface area (TPSA) is 388 Å². The molecule has 26 atom stereocenters. The maximum atomic E-state index is 12.4. The van der Waals surface area contributed by atoms with Crippen LogP contribution in [0.15, 0.2) is 0 Å². The molecule has 0 spiro atoms. The highest BCUT2D eigenvalue weighted by Crippen LogP contribution is 2.60. The molecule has 26 unspecified atom stereocenters. The third-order valence-electron chi connectivity index (χ3n) is 28.5. The maximum absolute atomic E-state index is 12.4. The van der Waals surface area contributed by atoms with Gasteiger partial charge in [-0.15, -0.1) is 0 Å². The third-order valence-corrected chi connectivity index (χ3v) is 28.5. The van der Waals surface area contributed by atoms with E-state index in [9.17, 15) is 62.3 Å². The molecule has 31 heteroatoms. The van der Waals surface area contributed by atoms with Crippen molar-refractivity contribution in [2.75, 3.05) is 35.0 Å². The Morgan fingerprint density at radius 1 is 0.379 bits per heavy atom. The van der Waals surface area contributed by atoms with Crippen LogP contribution >= 0.6 is 0 Å². The second-order valence-corrected chi connectivity index (χ2v) is 39.4. The molecule has 18 aliphatic rings. The van der Waals surface area contributed by atoms with Crippen molar-refractivity contribution in [3.63, 3.8) is 0 Å². The fourth-order valence-corrected chi connectivity index (χ4v) is 18.0. The van der Waals surface area contributed by atoms with Gasteiger partial charge in [-0.3, -0.25) is 57.5 Å². The summed E-state index contributed by atoms with van der Waals surface area (Å²) in [6.07, 6.45) is 8.26. The summed E-state index contributed by atoms with van der Waals surface area (Å²) in [6.45, 7) is 40.0. The number of esters is 13. The van der Waals surface area contributed by atoms with E-state index < -0.39 is 123 Å². The zero-order valence-electron chi connectivity index (χ0n) is 75.3. The Balaban J connectivity index is -0.000000720. The monoisotopic (exact) mass is 1890 g/mol. The fourth-order valence-electron chi connectivity index (χ4n) is 18.0. The van der Waals surface area contributed by atoms with Gasteiger partial charge in [-0.25, -0.2) is 4.79 Å². The minimum atomic E-state index is -1.07. The van der Waals surface area contributed by atoms with E-state index in [1.165, 1.54) is 33.5 Å². The van der Waals surface area contributed by atoms with Gasteiger partial charge >= 0.3 is 77.6 Å². The number of rotatable bonds is 18. The lowest BCUT2D eigenvalue weighted by Crippen LogP contribution is -2.57. The summed E-state index contributed by atoms with van der Waals surface area (Å²) in [6, 6.07) is 0. The number of methoxy groups -OCH3 is 3. The van der Waals surface area contributed by atoms with Crippen molar-refractivity contribution in [3.8, 4) is 0 Å². The van der Waals surface area contributed by atoms with Crippen molar-refractivity contribution < 1.29 is 148 Å². The molecule has 774 valence electrons. The number of carbonyl (C=O) groups excluding carboxylic acids is 13. The summed E-state index contributed by atoms with van der Waals surface area (Å²) in [5.74, 6) is -4.01. The van der Waals surface area contributed by atoms with E-state index in [-0.39, 0.29) is 226 Å². The molecular formula is C101H184O31. The normalized spacial score (nSPS) is 32.9. The van der Waals surface area contributed by atoms with Crippen molar-refractivity contribution in [1.29, 1.82) is 0 Å². The van der Waals surface area contributed by atoms with Gasteiger partial charge in [-0.1, -0.05) is 144 Å². The molecule has 12 aliphatic heterocycles. The smallest absolute Gasteiger partial charge is 0.350 e. The molecule has 0 amide bonds. The zero-order valence-corrected chi connectivity index (χ0v) is 75.3. The largest absolute Gasteiger partial charge is 0.469 e. The molecule has 0 aromatic carbocycles. The number of cyclic esters (lactones) is 1. The highest BCUT2D eigenvalue weighted by atomic mass is 16.9. The average Bonchev–Trinajstić information content (AvgIpc) is 1.54. The number of fused-ring (bicyclic) bond motifs is 10. The Hall–Kier alpha value is -7.09. The third kappa shape index (κ3) is 27.5. The molecule has 12 heterocycles. The highest BCUT2D eigenvalue weighted by molar-refractivity contribution is 5.87. The van der Waals surface area contributed by atoms with Crippen molar-refractivity contribution in [1.82, 2.24) is 0 Å². The lowest BCUT2D eigenvalue weighted by Gasteiger charge is -2.48. The summed E-state index contributed by atoms with van der Waals surface area (Å²) in [5.41, 5.74) is -3.63. The van der Waals surface area contributed by atoms with Crippen LogP contribution in [0.2, 0.25) is 0 Å². The molecule has 12 saturated heterocycles. The summed E-state index contributed by atoms with van der Waals surface area (Å²) in [7, 11) is 5.98. The molecule has 6 saturated carbocycles. The summed E-state index contributed by atoms with van der Waals surface area (Å²) < 4.78 is 95.9. The van der Waals surface area contributed by atoms with Gasteiger partial charge < -0.3 is 85.3 Å². The van der Waals surface area contributed by atoms with Crippen LogP contribution in [-0.2, 0) is 148 Å². The standard InChI is InChI=1S/C16H22O6.C15H22O7.C14H20O4.C14H22O4.C13H18O5.C8H12O2.C7H14O2.C2H6O.12CH4/c1-5-16(2,3)15(19)22-12-7-6-8-10(9(7)13(17)20-4)14(18)21-11(8)12;1-6-14(2,3)13(17)20-9-7-8(18-11(9)16)10-12(19-7)22-15(4,5)21-10;1-4-14(2,3)13(16)18-11-8-5-7-6-9(8)12(15)17-10(7)11;1-5-13(2,3)12(16)17-10-8-9-6-7-14(10,4)18-11(9)15;1-4-13(2,3)12(15)18-9-7-5-6-8(16-7)10(9)17-11(6)14;9-8-7-4-2-1-3-6(7)5-10-8;1-5-7(2,3)6(8)9-4;1-3-2;;;;;;;;;;;;/h7-12H,5-6H2,1-4H3;7-10,12H,6H2,1-5H3;7-11H,4-6H2,1-3H3;9-10H,5-8H2,1-4H3;6-10H,4-5H2,1-3H3;6-7H,1-5H2;5H2,1-4H3;1-2H3;12*1H4. The van der Waals surface area contributed by atoms with Crippen LogP contribution in [0.5, 0.6) is 0 Å². The SMILES string of the molecule is C.C.C.C.C.C.C.C.C.C.C.C.CCC(C)(C)C(=O)OC.CCC(C)(C)C(=O)OC1C(=O)OC2C3OC(C)(C)OC3OC12.CCC(C)(C)C(=O)OC1C2CC3C(=O)OC1C3O2.CCC(C)(C)C(=O)OC1C2CC3C1OC(=O)C3C2C(=O)OC.CCC(C)(C)C(=O)OC1C2CC3CC2C(=O)OC31.CCC(C)(C)C(=O)OC1CC2CCC1(C)OC2=O.COC.O=C1OCC2CCCCC12. The van der Waals surface area contributed by atoms with Crippen LogP contribution in [0.3, 0.4) is 0 Å². The van der Waals surface area contributed by atoms with Gasteiger partial charge in [0.1, 0.15) is 48.3 Å². The first kappa shape index (κ1) is 131.